The first kappa shape index (κ1) is 9.40. The zero-order valence-electron chi connectivity index (χ0n) is 7.89. The summed E-state index contributed by atoms with van der Waals surface area (Å²) in [5, 5.41) is 0. The van der Waals surface area contributed by atoms with Crippen LogP contribution in [0.2, 0.25) is 0 Å². The summed E-state index contributed by atoms with van der Waals surface area (Å²) in [5.74, 6) is 0.297. The van der Waals surface area contributed by atoms with Crippen molar-refractivity contribution in [1.29, 1.82) is 0 Å². The lowest BCUT2D eigenvalue weighted by atomic mass is 9.90. The van der Waals surface area contributed by atoms with Gasteiger partial charge in [0, 0.05) is 37.0 Å². The van der Waals surface area contributed by atoms with Gasteiger partial charge in [-0.15, -0.1) is 0 Å². The highest BCUT2D eigenvalue weighted by atomic mass is 16.1. The number of pyridine rings is 1. The second kappa shape index (κ2) is 3.92. The number of Topliss-reactive ketones (excluding diaryl/α,β-unsaturated/α-hetero) is 1. The van der Waals surface area contributed by atoms with Gasteiger partial charge < -0.3 is 4.90 Å². The number of rotatable bonds is 3. The predicted octanol–water partition coefficient (Wildman–Crippen LogP) is 0.322. The highest BCUT2D eigenvalue weighted by Crippen LogP contribution is 2.18. The van der Waals surface area contributed by atoms with Crippen molar-refractivity contribution in [3.05, 3.63) is 30.1 Å². The number of nitrogens with zero attached hydrogens (tertiary/aromatic N) is 2. The van der Waals surface area contributed by atoms with Gasteiger partial charge in [0.05, 0.1) is 7.85 Å². The number of carbonyl (C=O) groups excluding carboxylic acids is 1. The van der Waals surface area contributed by atoms with Gasteiger partial charge >= 0.3 is 0 Å². The summed E-state index contributed by atoms with van der Waals surface area (Å²) in [5.41, 5.74) is 0.703. The second-order valence-electron chi connectivity index (χ2n) is 3.52. The van der Waals surface area contributed by atoms with E-state index in [2.05, 4.69) is 4.98 Å². The third-order valence-corrected chi connectivity index (χ3v) is 2.53. The molecule has 1 fully saturated rings. The number of ketones is 1. The molecule has 0 atom stereocenters. The van der Waals surface area contributed by atoms with Gasteiger partial charge in [0.15, 0.2) is 5.78 Å². The molecular formula is C10H11BN2O. The Balaban J connectivity index is 1.98. The van der Waals surface area contributed by atoms with Crippen LogP contribution in [0.5, 0.6) is 0 Å². The van der Waals surface area contributed by atoms with Crippen LogP contribution in [0.1, 0.15) is 10.4 Å². The van der Waals surface area contributed by atoms with E-state index in [1.165, 1.54) is 0 Å². The minimum Gasteiger partial charge on any atom is -0.310 e. The molecule has 4 heteroatoms. The predicted molar refractivity (Wildman–Crippen MR) is 54.3 cm³/mol. The molecule has 1 aliphatic heterocycles. The van der Waals surface area contributed by atoms with E-state index in [-0.39, 0.29) is 11.7 Å². The summed E-state index contributed by atoms with van der Waals surface area (Å²) in [7, 11) is 5.44. The molecule has 2 rings (SSSR count). The van der Waals surface area contributed by atoms with E-state index < -0.39 is 0 Å². The van der Waals surface area contributed by atoms with Crippen molar-refractivity contribution in [2.24, 2.45) is 5.92 Å². The summed E-state index contributed by atoms with van der Waals surface area (Å²) < 4.78 is 0. The number of hydrogen-bond donors (Lipinski definition) is 0. The zero-order valence-corrected chi connectivity index (χ0v) is 7.89. The Labute approximate surface area is 84.5 Å². The molecule has 1 aromatic rings. The minimum atomic E-state index is 0.114. The van der Waals surface area contributed by atoms with Crippen molar-refractivity contribution in [2.75, 3.05) is 19.5 Å². The molecule has 0 bridgehead atoms. The van der Waals surface area contributed by atoms with Crippen molar-refractivity contribution in [3.63, 3.8) is 0 Å². The molecule has 0 aliphatic carbocycles. The third kappa shape index (κ3) is 1.70. The average molecular weight is 186 g/mol. The highest BCUT2D eigenvalue weighted by Gasteiger charge is 2.31. The quantitative estimate of drug-likeness (QED) is 0.503. The van der Waals surface area contributed by atoms with E-state index in [1.54, 1.807) is 24.5 Å². The van der Waals surface area contributed by atoms with Crippen LogP contribution in [0.15, 0.2) is 24.5 Å². The fraction of sp³-hybridized carbons (Fsp3) is 0.400. The first-order valence-electron chi connectivity index (χ1n) is 4.68. The molecule has 2 heterocycles. The monoisotopic (exact) mass is 186 g/mol. The van der Waals surface area contributed by atoms with Crippen molar-refractivity contribution < 1.29 is 4.79 Å². The summed E-state index contributed by atoms with van der Waals surface area (Å²) in [6.07, 6.45) is 3.83. The zero-order chi connectivity index (χ0) is 9.97. The number of carbonyl (C=O) groups is 1. The van der Waals surface area contributed by atoms with E-state index in [1.807, 2.05) is 4.90 Å². The summed E-state index contributed by atoms with van der Waals surface area (Å²) in [4.78, 5) is 17.7. The van der Waals surface area contributed by atoms with E-state index in [4.69, 9.17) is 7.85 Å². The molecule has 0 unspecified atom stereocenters. The number of hydrogen-bond acceptors (Lipinski definition) is 3. The molecule has 0 amide bonds. The number of aromatic nitrogens is 1. The van der Waals surface area contributed by atoms with E-state index in [0.29, 0.717) is 12.0 Å². The molecule has 0 saturated carbocycles. The Morgan fingerprint density at radius 3 is 3.00 bits per heavy atom. The summed E-state index contributed by atoms with van der Waals surface area (Å²) >= 11 is 0. The smallest absolute Gasteiger partial charge is 0.170 e. The molecule has 3 nitrogen and oxygen atoms in total. The molecule has 1 aliphatic rings. The molecule has 70 valence electrons. The average Bonchev–Trinajstić information content (AvgIpc) is 2.17. The maximum Gasteiger partial charge on any atom is 0.170 e. The van der Waals surface area contributed by atoms with Crippen LogP contribution >= 0.6 is 0 Å². The fourth-order valence-electron chi connectivity index (χ4n) is 1.63. The van der Waals surface area contributed by atoms with Gasteiger partial charge in [-0.2, -0.15) is 0 Å². The van der Waals surface area contributed by atoms with Crippen LogP contribution in [0.25, 0.3) is 0 Å². The highest BCUT2D eigenvalue weighted by molar-refractivity contribution is 6.09. The van der Waals surface area contributed by atoms with Crippen LogP contribution in [-0.2, 0) is 0 Å². The third-order valence-electron chi connectivity index (χ3n) is 2.53. The van der Waals surface area contributed by atoms with E-state index >= 15 is 0 Å². The van der Waals surface area contributed by atoms with Crippen molar-refractivity contribution in [1.82, 2.24) is 9.88 Å². The molecule has 0 aromatic carbocycles. The second-order valence-corrected chi connectivity index (χ2v) is 3.52. The van der Waals surface area contributed by atoms with Crippen LogP contribution in [0, 0.1) is 5.92 Å². The fourth-order valence-corrected chi connectivity index (χ4v) is 1.63. The summed E-state index contributed by atoms with van der Waals surface area (Å²) in [6, 6.07) is 3.59. The van der Waals surface area contributed by atoms with E-state index in [9.17, 15) is 4.79 Å². The number of likely N-dealkylation sites (tertiary alicyclic amines) is 1. The largest absolute Gasteiger partial charge is 0.310 e. The lowest BCUT2D eigenvalue weighted by molar-refractivity contribution is 0.0681. The minimum absolute atomic E-state index is 0.114. The Hall–Kier alpha value is -1.16. The first-order chi connectivity index (χ1) is 6.81. The molecule has 2 radical (unpaired) electrons. The Kier molecular flexibility index (Phi) is 2.63. The lowest BCUT2D eigenvalue weighted by Crippen LogP contribution is -2.50. The van der Waals surface area contributed by atoms with Crippen LogP contribution in [0.3, 0.4) is 0 Å². The van der Waals surface area contributed by atoms with Gasteiger partial charge in [0.2, 0.25) is 0 Å². The molecule has 0 spiro atoms. The lowest BCUT2D eigenvalue weighted by Gasteiger charge is -2.37. The van der Waals surface area contributed by atoms with Crippen LogP contribution < -0.4 is 0 Å². The van der Waals surface area contributed by atoms with Gasteiger partial charge in [-0.3, -0.25) is 9.78 Å². The Morgan fingerprint density at radius 1 is 1.64 bits per heavy atom. The van der Waals surface area contributed by atoms with Crippen LogP contribution in [0.4, 0.5) is 0 Å². The molecule has 1 aromatic heterocycles. The van der Waals surface area contributed by atoms with Gasteiger partial charge in [-0.05, 0) is 18.6 Å². The van der Waals surface area contributed by atoms with Crippen molar-refractivity contribution in [2.45, 2.75) is 0 Å². The van der Waals surface area contributed by atoms with Crippen LogP contribution in [-0.4, -0.2) is 43.0 Å². The normalized spacial score (nSPS) is 17.7. The standard InChI is InChI=1S/C10H11BN2O/c11-7-13-5-9(6-13)10(14)8-2-1-3-12-4-8/h1-4,9H,5-7H2. The van der Waals surface area contributed by atoms with Gasteiger partial charge in [-0.1, -0.05) is 0 Å². The van der Waals surface area contributed by atoms with Crippen molar-refractivity contribution in [3.8, 4) is 0 Å². The maximum absolute atomic E-state index is 11.8. The van der Waals surface area contributed by atoms with Crippen molar-refractivity contribution >= 4 is 13.6 Å². The van der Waals surface area contributed by atoms with E-state index in [0.717, 1.165) is 13.1 Å². The van der Waals surface area contributed by atoms with Gasteiger partial charge in [0.1, 0.15) is 0 Å². The first-order valence-corrected chi connectivity index (χ1v) is 4.68. The van der Waals surface area contributed by atoms with Gasteiger partial charge in [-0.25, -0.2) is 0 Å². The summed E-state index contributed by atoms with van der Waals surface area (Å²) in [6.45, 7) is 1.56. The Morgan fingerprint density at radius 2 is 2.43 bits per heavy atom. The molecule has 1 saturated heterocycles. The topological polar surface area (TPSA) is 33.2 Å². The molecular weight excluding hydrogens is 175 g/mol. The Bertz CT molecular complexity index is 322. The molecule has 14 heavy (non-hydrogen) atoms. The molecule has 0 N–H and O–H groups in total. The van der Waals surface area contributed by atoms with Gasteiger partial charge in [0.25, 0.3) is 0 Å². The maximum atomic E-state index is 11.8. The SMILES string of the molecule is [B]CN1CC(C(=O)c2cccnc2)C1.